The Balaban J connectivity index is 2.27. The number of hydrogen-bond acceptors (Lipinski definition) is 5. The molecule has 0 radical (unpaired) electrons. The first-order chi connectivity index (χ1) is 8.26. The molecule has 0 atom stereocenters. The fourth-order valence-corrected chi connectivity index (χ4v) is 2.41. The van der Waals surface area contributed by atoms with Gasteiger partial charge in [0.15, 0.2) is 0 Å². The fraction of sp³-hybridized carbons (Fsp3) is 0.833. The maximum Gasteiger partial charge on any atom is 0.205 e. The van der Waals surface area contributed by atoms with Crippen LogP contribution in [0.3, 0.4) is 0 Å². The molecule has 4 nitrogen and oxygen atoms in total. The first-order valence-electron chi connectivity index (χ1n) is 6.51. The summed E-state index contributed by atoms with van der Waals surface area (Å²) in [5, 5.41) is 13.6. The Kier molecular flexibility index (Phi) is 7.12. The van der Waals surface area contributed by atoms with E-state index >= 15 is 0 Å². The number of hydrogen-bond donors (Lipinski definition) is 1. The average Bonchev–Trinajstić information content (AvgIpc) is 2.74. The van der Waals surface area contributed by atoms with Crippen molar-refractivity contribution in [2.75, 3.05) is 25.5 Å². The quantitative estimate of drug-likeness (QED) is 0.690. The second-order valence-corrected chi connectivity index (χ2v) is 5.43. The molecule has 0 unspecified atom stereocenters. The minimum atomic E-state index is 0.912. The van der Waals surface area contributed by atoms with Crippen LogP contribution in [0.15, 0.2) is 0 Å². The zero-order valence-electron chi connectivity index (χ0n) is 11.2. The number of anilines is 1. The molecule has 0 saturated carbocycles. The van der Waals surface area contributed by atoms with Gasteiger partial charge in [0, 0.05) is 6.54 Å². The van der Waals surface area contributed by atoms with E-state index in [0.717, 1.165) is 36.2 Å². The molecule has 0 fully saturated rings. The van der Waals surface area contributed by atoms with Gasteiger partial charge in [0.05, 0.1) is 6.54 Å². The highest BCUT2D eigenvalue weighted by Crippen LogP contribution is 2.16. The summed E-state index contributed by atoms with van der Waals surface area (Å²) >= 11 is 1.67. The molecule has 1 aromatic rings. The van der Waals surface area contributed by atoms with Crippen molar-refractivity contribution >= 4 is 16.5 Å². The third kappa shape index (κ3) is 5.98. The van der Waals surface area contributed by atoms with Gasteiger partial charge in [-0.1, -0.05) is 38.0 Å². The van der Waals surface area contributed by atoms with Gasteiger partial charge in [-0.15, -0.1) is 10.2 Å². The molecule has 0 spiro atoms. The van der Waals surface area contributed by atoms with Crippen LogP contribution in [0.4, 0.5) is 5.13 Å². The Morgan fingerprint density at radius 1 is 1.18 bits per heavy atom. The van der Waals surface area contributed by atoms with Crippen molar-refractivity contribution in [2.45, 2.75) is 46.1 Å². The van der Waals surface area contributed by atoms with E-state index < -0.39 is 0 Å². The largest absolute Gasteiger partial charge is 0.360 e. The molecule has 0 saturated heterocycles. The van der Waals surface area contributed by atoms with E-state index in [-0.39, 0.29) is 0 Å². The third-order valence-corrected chi connectivity index (χ3v) is 3.41. The summed E-state index contributed by atoms with van der Waals surface area (Å²) in [6.45, 7) is 7.41. The molecule has 1 aromatic heterocycles. The SMILES string of the molecule is CCCCCN(C)Cc1nnc(NCCC)s1. The maximum absolute atomic E-state index is 4.20. The van der Waals surface area contributed by atoms with Crippen LogP contribution in [0.1, 0.15) is 44.5 Å². The molecule has 0 aliphatic heterocycles. The predicted octanol–water partition coefficient (Wildman–Crippen LogP) is 2.98. The normalized spacial score (nSPS) is 11.1. The number of unbranched alkanes of at least 4 members (excludes halogenated alkanes) is 2. The van der Waals surface area contributed by atoms with E-state index in [2.05, 4.69) is 41.3 Å². The lowest BCUT2D eigenvalue weighted by Crippen LogP contribution is -2.18. The van der Waals surface area contributed by atoms with Crippen LogP contribution >= 0.6 is 11.3 Å². The van der Waals surface area contributed by atoms with Crippen molar-refractivity contribution in [3.8, 4) is 0 Å². The maximum atomic E-state index is 4.20. The van der Waals surface area contributed by atoms with Crippen molar-refractivity contribution < 1.29 is 0 Å². The molecule has 1 heterocycles. The first kappa shape index (κ1) is 14.4. The molecular formula is C12H24N4S. The van der Waals surface area contributed by atoms with Gasteiger partial charge in [-0.25, -0.2) is 0 Å². The van der Waals surface area contributed by atoms with E-state index in [9.17, 15) is 0 Å². The highest BCUT2D eigenvalue weighted by Gasteiger charge is 2.06. The molecule has 0 aromatic carbocycles. The number of nitrogens with zero attached hydrogens (tertiary/aromatic N) is 3. The van der Waals surface area contributed by atoms with E-state index in [0.29, 0.717) is 0 Å². The number of aromatic nitrogens is 2. The Morgan fingerprint density at radius 2 is 2.00 bits per heavy atom. The summed E-state index contributed by atoms with van der Waals surface area (Å²) in [4.78, 5) is 2.32. The Hall–Kier alpha value is -0.680. The summed E-state index contributed by atoms with van der Waals surface area (Å²) in [6.07, 6.45) is 4.97. The molecule has 0 aliphatic rings. The minimum absolute atomic E-state index is 0.912. The first-order valence-corrected chi connectivity index (χ1v) is 7.32. The van der Waals surface area contributed by atoms with E-state index in [1.165, 1.54) is 19.3 Å². The van der Waals surface area contributed by atoms with Gasteiger partial charge in [-0.2, -0.15) is 0 Å². The second-order valence-electron chi connectivity index (χ2n) is 4.37. The fourth-order valence-electron chi connectivity index (χ4n) is 1.56. The molecule has 1 N–H and O–H groups in total. The van der Waals surface area contributed by atoms with Crippen LogP contribution < -0.4 is 5.32 Å². The third-order valence-electron chi connectivity index (χ3n) is 2.54. The standard InChI is InChI=1S/C12H24N4S/c1-4-6-7-9-16(3)10-11-14-15-12(17-11)13-8-5-2/h4-10H2,1-3H3,(H,13,15). The lowest BCUT2D eigenvalue weighted by atomic mass is 10.2. The smallest absolute Gasteiger partial charge is 0.205 e. The topological polar surface area (TPSA) is 41.1 Å². The minimum Gasteiger partial charge on any atom is -0.360 e. The molecule has 98 valence electrons. The van der Waals surface area contributed by atoms with Gasteiger partial charge < -0.3 is 5.32 Å². The Morgan fingerprint density at radius 3 is 2.71 bits per heavy atom. The number of nitrogens with one attached hydrogen (secondary N) is 1. The molecular weight excluding hydrogens is 232 g/mol. The van der Waals surface area contributed by atoms with Crippen LogP contribution in [0.5, 0.6) is 0 Å². The zero-order valence-corrected chi connectivity index (χ0v) is 12.0. The van der Waals surface area contributed by atoms with Crippen LogP contribution in [-0.2, 0) is 6.54 Å². The van der Waals surface area contributed by atoms with Gasteiger partial charge >= 0.3 is 0 Å². The molecule has 0 bridgehead atoms. The van der Waals surface area contributed by atoms with E-state index in [4.69, 9.17) is 0 Å². The predicted molar refractivity (Wildman–Crippen MR) is 74.5 cm³/mol. The van der Waals surface area contributed by atoms with Gasteiger partial charge in [0.1, 0.15) is 5.01 Å². The molecule has 5 heteroatoms. The van der Waals surface area contributed by atoms with Crippen molar-refractivity contribution in [1.29, 1.82) is 0 Å². The van der Waals surface area contributed by atoms with Gasteiger partial charge in [0.25, 0.3) is 0 Å². The van der Waals surface area contributed by atoms with Crippen LogP contribution in [0, 0.1) is 0 Å². The van der Waals surface area contributed by atoms with Crippen molar-refractivity contribution in [3.05, 3.63) is 5.01 Å². The van der Waals surface area contributed by atoms with Crippen LogP contribution in [0.2, 0.25) is 0 Å². The summed E-state index contributed by atoms with van der Waals surface area (Å²) in [6, 6.07) is 0. The summed E-state index contributed by atoms with van der Waals surface area (Å²) in [5.74, 6) is 0. The second kappa shape index (κ2) is 8.42. The average molecular weight is 256 g/mol. The zero-order chi connectivity index (χ0) is 12.5. The molecule has 0 aliphatic carbocycles. The Bertz CT molecular complexity index is 300. The van der Waals surface area contributed by atoms with Crippen LogP contribution in [0.25, 0.3) is 0 Å². The van der Waals surface area contributed by atoms with E-state index in [1.807, 2.05) is 0 Å². The monoisotopic (exact) mass is 256 g/mol. The molecule has 0 amide bonds. The molecule has 17 heavy (non-hydrogen) atoms. The van der Waals surface area contributed by atoms with Gasteiger partial charge in [-0.3, -0.25) is 4.90 Å². The molecule has 1 rings (SSSR count). The summed E-state index contributed by atoms with van der Waals surface area (Å²) in [5.41, 5.74) is 0. The van der Waals surface area contributed by atoms with Crippen molar-refractivity contribution in [1.82, 2.24) is 15.1 Å². The van der Waals surface area contributed by atoms with Gasteiger partial charge in [0.2, 0.25) is 5.13 Å². The summed E-state index contributed by atoms with van der Waals surface area (Å²) in [7, 11) is 2.15. The lowest BCUT2D eigenvalue weighted by Gasteiger charge is -2.13. The van der Waals surface area contributed by atoms with E-state index in [1.54, 1.807) is 11.3 Å². The van der Waals surface area contributed by atoms with Crippen molar-refractivity contribution in [3.63, 3.8) is 0 Å². The lowest BCUT2D eigenvalue weighted by molar-refractivity contribution is 0.317. The van der Waals surface area contributed by atoms with Gasteiger partial charge in [-0.05, 0) is 26.4 Å². The summed E-state index contributed by atoms with van der Waals surface area (Å²) < 4.78 is 0. The highest BCUT2D eigenvalue weighted by molar-refractivity contribution is 7.15. The Labute approximate surface area is 108 Å². The van der Waals surface area contributed by atoms with Crippen molar-refractivity contribution in [2.24, 2.45) is 0 Å². The van der Waals surface area contributed by atoms with Crippen LogP contribution in [-0.4, -0.2) is 35.2 Å². The number of rotatable bonds is 9. The highest BCUT2D eigenvalue weighted by atomic mass is 32.1.